The molecule has 0 aliphatic carbocycles. The van der Waals surface area contributed by atoms with Crippen molar-refractivity contribution in [2.45, 2.75) is 22.0 Å². The van der Waals surface area contributed by atoms with E-state index in [-0.39, 0.29) is 12.2 Å². The molecule has 0 bridgehead atoms. The van der Waals surface area contributed by atoms with Crippen molar-refractivity contribution in [1.82, 2.24) is 0 Å². The first kappa shape index (κ1) is 21.8. The molecule has 2 atom stereocenters. The topological polar surface area (TPSA) is 9.23 Å². The van der Waals surface area contributed by atoms with Gasteiger partial charge < -0.3 is 4.74 Å². The summed E-state index contributed by atoms with van der Waals surface area (Å²) in [5.74, 6) is 1.74. The Labute approximate surface area is 193 Å². The van der Waals surface area contributed by atoms with Crippen molar-refractivity contribution in [3.63, 3.8) is 0 Å². The van der Waals surface area contributed by atoms with Crippen molar-refractivity contribution in [2.24, 2.45) is 0 Å². The van der Waals surface area contributed by atoms with Crippen LogP contribution in [0.15, 0.2) is 131 Å². The Morgan fingerprint density at radius 1 is 0.452 bits per heavy atom. The first-order chi connectivity index (χ1) is 15.4. The smallest absolute Gasteiger partial charge is 0.0927 e. The van der Waals surface area contributed by atoms with Crippen molar-refractivity contribution in [1.29, 1.82) is 0 Å². The first-order valence-corrected chi connectivity index (χ1v) is 12.5. The summed E-state index contributed by atoms with van der Waals surface area (Å²) in [6, 6.07) is 42.3. The maximum atomic E-state index is 6.82. The zero-order valence-electron chi connectivity index (χ0n) is 17.3. The zero-order valence-corrected chi connectivity index (χ0v) is 19.0. The van der Waals surface area contributed by atoms with Crippen molar-refractivity contribution in [3.05, 3.63) is 132 Å². The van der Waals surface area contributed by atoms with E-state index in [4.69, 9.17) is 4.74 Å². The molecule has 0 aromatic heterocycles. The van der Waals surface area contributed by atoms with Gasteiger partial charge in [0.15, 0.2) is 0 Å². The standard InChI is InChI=1S/C28H26OS2/c1-5-13-23(14-6-1)27(21-30-25-17-9-3-10-18-25)29-28(24-15-7-2-8-16-24)22-31-26-19-11-4-12-20-26/h1-20,27-28H,21-22H2/t27-,28-/m1/s1. The summed E-state index contributed by atoms with van der Waals surface area (Å²) in [6.07, 6.45) is 0.0148. The summed E-state index contributed by atoms with van der Waals surface area (Å²) in [4.78, 5) is 2.53. The van der Waals surface area contributed by atoms with Gasteiger partial charge in [-0.15, -0.1) is 23.5 Å². The summed E-state index contributed by atoms with van der Waals surface area (Å²) >= 11 is 3.69. The third-order valence-electron chi connectivity index (χ3n) is 4.96. The third-order valence-corrected chi connectivity index (χ3v) is 7.11. The summed E-state index contributed by atoms with van der Waals surface area (Å²) in [5, 5.41) is 0. The molecule has 4 aromatic rings. The van der Waals surface area contributed by atoms with Gasteiger partial charge in [-0.1, -0.05) is 97.1 Å². The Balaban J connectivity index is 1.53. The second-order valence-electron chi connectivity index (χ2n) is 7.18. The van der Waals surface area contributed by atoms with Gasteiger partial charge in [0.1, 0.15) is 0 Å². The highest BCUT2D eigenvalue weighted by Gasteiger charge is 2.21. The second-order valence-corrected chi connectivity index (χ2v) is 9.37. The van der Waals surface area contributed by atoms with Crippen LogP contribution in [0.5, 0.6) is 0 Å². The molecule has 3 heteroatoms. The molecule has 0 spiro atoms. The molecule has 0 heterocycles. The van der Waals surface area contributed by atoms with E-state index >= 15 is 0 Å². The molecule has 0 radical (unpaired) electrons. The van der Waals surface area contributed by atoms with Crippen LogP contribution in [0.3, 0.4) is 0 Å². The Morgan fingerprint density at radius 3 is 1.13 bits per heavy atom. The van der Waals surface area contributed by atoms with E-state index in [0.717, 1.165) is 11.5 Å². The van der Waals surface area contributed by atoms with E-state index < -0.39 is 0 Å². The SMILES string of the molecule is c1ccc(SC[C@@H](O[C@H](CSc2ccccc2)c2ccccc2)c2ccccc2)cc1. The number of rotatable bonds is 10. The maximum Gasteiger partial charge on any atom is 0.0927 e. The summed E-state index contributed by atoms with van der Waals surface area (Å²) in [6.45, 7) is 0. The number of hydrogen-bond donors (Lipinski definition) is 0. The zero-order chi connectivity index (χ0) is 21.1. The van der Waals surface area contributed by atoms with E-state index in [1.165, 1.54) is 20.9 Å². The summed E-state index contributed by atoms with van der Waals surface area (Å²) in [7, 11) is 0. The van der Waals surface area contributed by atoms with Gasteiger partial charge in [-0.2, -0.15) is 0 Å². The number of ether oxygens (including phenoxy) is 1. The van der Waals surface area contributed by atoms with Gasteiger partial charge in [0.2, 0.25) is 0 Å². The van der Waals surface area contributed by atoms with Gasteiger partial charge in [0.25, 0.3) is 0 Å². The molecule has 4 aromatic carbocycles. The lowest BCUT2D eigenvalue weighted by atomic mass is 10.1. The lowest BCUT2D eigenvalue weighted by Crippen LogP contribution is -2.15. The molecule has 4 rings (SSSR count). The molecule has 156 valence electrons. The van der Waals surface area contributed by atoms with Gasteiger partial charge in [-0.05, 0) is 35.4 Å². The molecule has 0 fully saturated rings. The van der Waals surface area contributed by atoms with Crippen molar-refractivity contribution in [2.75, 3.05) is 11.5 Å². The molecular formula is C28H26OS2. The fraction of sp³-hybridized carbons (Fsp3) is 0.143. The number of benzene rings is 4. The lowest BCUT2D eigenvalue weighted by Gasteiger charge is -2.26. The predicted molar refractivity (Wildman–Crippen MR) is 134 cm³/mol. The van der Waals surface area contributed by atoms with Crippen molar-refractivity contribution in [3.8, 4) is 0 Å². The van der Waals surface area contributed by atoms with E-state index in [1.54, 1.807) is 0 Å². The predicted octanol–water partition coefficient (Wildman–Crippen LogP) is 8.07. The van der Waals surface area contributed by atoms with Crippen LogP contribution in [0.4, 0.5) is 0 Å². The average Bonchev–Trinajstić information content (AvgIpc) is 2.86. The van der Waals surface area contributed by atoms with Gasteiger partial charge >= 0.3 is 0 Å². The Morgan fingerprint density at radius 2 is 0.774 bits per heavy atom. The quantitative estimate of drug-likeness (QED) is 0.230. The number of thioether (sulfide) groups is 2. The highest BCUT2D eigenvalue weighted by Crippen LogP contribution is 2.35. The van der Waals surface area contributed by atoms with Crippen LogP contribution in [-0.4, -0.2) is 11.5 Å². The largest absolute Gasteiger partial charge is 0.364 e. The fourth-order valence-electron chi connectivity index (χ4n) is 3.34. The Bertz CT molecular complexity index is 923. The summed E-state index contributed by atoms with van der Waals surface area (Å²) < 4.78 is 6.82. The van der Waals surface area contributed by atoms with Crippen LogP contribution in [0, 0.1) is 0 Å². The molecular weight excluding hydrogens is 416 g/mol. The molecule has 0 unspecified atom stereocenters. The molecule has 0 N–H and O–H groups in total. The lowest BCUT2D eigenvalue weighted by molar-refractivity contribution is 0.0115. The highest BCUT2D eigenvalue weighted by molar-refractivity contribution is 7.99. The van der Waals surface area contributed by atoms with E-state index in [9.17, 15) is 0 Å². The fourth-order valence-corrected chi connectivity index (χ4v) is 5.27. The highest BCUT2D eigenvalue weighted by atomic mass is 32.2. The Kier molecular flexibility index (Phi) is 8.29. The Hall–Kier alpha value is -2.46. The van der Waals surface area contributed by atoms with Gasteiger partial charge in [-0.25, -0.2) is 0 Å². The van der Waals surface area contributed by atoms with E-state index in [0.29, 0.717) is 0 Å². The van der Waals surface area contributed by atoms with Gasteiger partial charge in [0.05, 0.1) is 12.2 Å². The van der Waals surface area contributed by atoms with Crippen LogP contribution < -0.4 is 0 Å². The maximum absolute atomic E-state index is 6.82. The molecule has 0 aliphatic rings. The van der Waals surface area contributed by atoms with Crippen molar-refractivity contribution >= 4 is 23.5 Å². The van der Waals surface area contributed by atoms with Crippen LogP contribution >= 0.6 is 23.5 Å². The molecule has 0 aliphatic heterocycles. The van der Waals surface area contributed by atoms with Crippen LogP contribution in [0.25, 0.3) is 0 Å². The average molecular weight is 443 g/mol. The normalized spacial score (nSPS) is 12.9. The first-order valence-electron chi connectivity index (χ1n) is 10.5. The van der Waals surface area contributed by atoms with Gasteiger partial charge in [0, 0.05) is 21.3 Å². The molecule has 0 saturated heterocycles. The monoisotopic (exact) mass is 442 g/mol. The summed E-state index contributed by atoms with van der Waals surface area (Å²) in [5.41, 5.74) is 2.44. The van der Waals surface area contributed by atoms with Gasteiger partial charge in [-0.3, -0.25) is 0 Å². The molecule has 1 nitrogen and oxygen atoms in total. The minimum atomic E-state index is 0.00739. The van der Waals surface area contributed by atoms with E-state index in [1.807, 2.05) is 23.5 Å². The van der Waals surface area contributed by atoms with Crippen LogP contribution in [-0.2, 0) is 4.74 Å². The van der Waals surface area contributed by atoms with Crippen LogP contribution in [0.1, 0.15) is 23.3 Å². The second kappa shape index (κ2) is 11.8. The molecule has 31 heavy (non-hydrogen) atoms. The minimum Gasteiger partial charge on any atom is -0.364 e. The van der Waals surface area contributed by atoms with E-state index in [2.05, 4.69) is 121 Å². The number of hydrogen-bond acceptors (Lipinski definition) is 3. The molecule has 0 amide bonds. The third kappa shape index (κ3) is 6.76. The molecule has 0 saturated carbocycles. The minimum absolute atomic E-state index is 0.00739. The van der Waals surface area contributed by atoms with Crippen LogP contribution in [0.2, 0.25) is 0 Å². The van der Waals surface area contributed by atoms with Crippen molar-refractivity contribution < 1.29 is 4.74 Å².